The smallest absolute Gasteiger partial charge is 0.272 e. The van der Waals surface area contributed by atoms with E-state index in [1.54, 1.807) is 18.2 Å². The minimum atomic E-state index is -0.380. The second-order valence-electron chi connectivity index (χ2n) is 6.27. The van der Waals surface area contributed by atoms with E-state index in [4.69, 9.17) is 0 Å². The molecule has 126 valence electrons. The Labute approximate surface area is 136 Å². The van der Waals surface area contributed by atoms with Crippen molar-refractivity contribution in [3.63, 3.8) is 0 Å². The predicted molar refractivity (Wildman–Crippen MR) is 89.2 cm³/mol. The molecule has 6 heteroatoms. The standard InChI is InChI=1S/C17H25N3O3/c1-13(15-6-4-9-18-12-15)11-17(21)19-10-8-14-5-2-3-7-16(14)20(22)23/h2-3,5,7,13,15,18H,4,6,8-12H2,1H3,(H,19,21). The number of rotatable bonds is 7. The van der Waals surface area contributed by atoms with Crippen molar-refractivity contribution in [2.24, 2.45) is 11.8 Å². The van der Waals surface area contributed by atoms with Gasteiger partial charge in [-0.25, -0.2) is 0 Å². The van der Waals surface area contributed by atoms with Crippen LogP contribution in [0.5, 0.6) is 0 Å². The van der Waals surface area contributed by atoms with Crippen LogP contribution in [-0.2, 0) is 11.2 Å². The fourth-order valence-corrected chi connectivity index (χ4v) is 3.13. The third kappa shape index (κ3) is 5.32. The van der Waals surface area contributed by atoms with Crippen LogP contribution < -0.4 is 10.6 Å². The molecule has 1 heterocycles. The Bertz CT molecular complexity index is 542. The molecule has 6 nitrogen and oxygen atoms in total. The summed E-state index contributed by atoms with van der Waals surface area (Å²) in [6.07, 6.45) is 3.34. The molecular weight excluding hydrogens is 294 g/mol. The Morgan fingerprint density at radius 2 is 2.26 bits per heavy atom. The van der Waals surface area contributed by atoms with Gasteiger partial charge in [0.05, 0.1) is 4.92 Å². The van der Waals surface area contributed by atoms with E-state index in [9.17, 15) is 14.9 Å². The molecule has 1 amide bonds. The molecule has 23 heavy (non-hydrogen) atoms. The van der Waals surface area contributed by atoms with Crippen LogP contribution in [0.3, 0.4) is 0 Å². The van der Waals surface area contributed by atoms with E-state index >= 15 is 0 Å². The fraction of sp³-hybridized carbons (Fsp3) is 0.588. The lowest BCUT2D eigenvalue weighted by Gasteiger charge is -2.28. The van der Waals surface area contributed by atoms with Crippen LogP contribution in [0.15, 0.2) is 24.3 Å². The summed E-state index contributed by atoms with van der Waals surface area (Å²) in [5, 5.41) is 17.2. The normalized spacial score (nSPS) is 19.1. The molecule has 2 N–H and O–H groups in total. The van der Waals surface area contributed by atoms with Crippen molar-refractivity contribution in [2.75, 3.05) is 19.6 Å². The van der Waals surface area contributed by atoms with E-state index < -0.39 is 0 Å². The lowest BCUT2D eigenvalue weighted by molar-refractivity contribution is -0.385. The van der Waals surface area contributed by atoms with Gasteiger partial charge in [0.25, 0.3) is 5.69 Å². The van der Waals surface area contributed by atoms with Crippen molar-refractivity contribution < 1.29 is 9.72 Å². The number of para-hydroxylation sites is 1. The number of piperidine rings is 1. The molecule has 0 saturated carbocycles. The van der Waals surface area contributed by atoms with E-state index in [1.165, 1.54) is 18.9 Å². The monoisotopic (exact) mass is 319 g/mol. The third-order valence-corrected chi connectivity index (χ3v) is 4.55. The summed E-state index contributed by atoms with van der Waals surface area (Å²) in [4.78, 5) is 22.6. The zero-order valence-corrected chi connectivity index (χ0v) is 13.6. The van der Waals surface area contributed by atoms with Gasteiger partial charge < -0.3 is 10.6 Å². The summed E-state index contributed by atoms with van der Waals surface area (Å²) >= 11 is 0. The molecule has 1 aliphatic heterocycles. The topological polar surface area (TPSA) is 84.3 Å². The SMILES string of the molecule is CC(CC(=O)NCCc1ccccc1[N+](=O)[O-])C1CCCNC1. The number of carbonyl (C=O) groups excluding carboxylic acids is 1. The second kappa shape index (κ2) is 8.62. The summed E-state index contributed by atoms with van der Waals surface area (Å²) in [5.74, 6) is 0.945. The molecule has 1 aromatic rings. The maximum Gasteiger partial charge on any atom is 0.272 e. The summed E-state index contributed by atoms with van der Waals surface area (Å²) in [6.45, 7) is 4.62. The van der Waals surface area contributed by atoms with E-state index in [2.05, 4.69) is 17.6 Å². The van der Waals surface area contributed by atoms with Crippen LogP contribution in [-0.4, -0.2) is 30.5 Å². The Morgan fingerprint density at radius 3 is 2.96 bits per heavy atom. The lowest BCUT2D eigenvalue weighted by atomic mass is 9.85. The highest BCUT2D eigenvalue weighted by Crippen LogP contribution is 2.22. The first-order valence-electron chi connectivity index (χ1n) is 8.27. The summed E-state index contributed by atoms with van der Waals surface area (Å²) in [7, 11) is 0. The van der Waals surface area contributed by atoms with Crippen molar-refractivity contribution in [3.8, 4) is 0 Å². The van der Waals surface area contributed by atoms with Crippen LogP contribution in [0.2, 0.25) is 0 Å². The summed E-state index contributed by atoms with van der Waals surface area (Å²) < 4.78 is 0. The molecule has 1 saturated heterocycles. The van der Waals surface area contributed by atoms with E-state index in [0.29, 0.717) is 36.8 Å². The first kappa shape index (κ1) is 17.4. The number of nitro groups is 1. The molecule has 1 aromatic carbocycles. The minimum Gasteiger partial charge on any atom is -0.356 e. The van der Waals surface area contributed by atoms with Gasteiger partial charge in [0.2, 0.25) is 5.91 Å². The maximum absolute atomic E-state index is 12.0. The van der Waals surface area contributed by atoms with Crippen molar-refractivity contribution in [2.45, 2.75) is 32.6 Å². The number of nitro benzene ring substituents is 1. The largest absolute Gasteiger partial charge is 0.356 e. The van der Waals surface area contributed by atoms with E-state index in [-0.39, 0.29) is 16.5 Å². The van der Waals surface area contributed by atoms with Crippen LogP contribution >= 0.6 is 0 Å². The van der Waals surface area contributed by atoms with Crippen LogP contribution in [0.1, 0.15) is 31.7 Å². The highest BCUT2D eigenvalue weighted by molar-refractivity contribution is 5.76. The Kier molecular flexibility index (Phi) is 6.52. The van der Waals surface area contributed by atoms with E-state index in [1.807, 2.05) is 0 Å². The number of hydrogen-bond acceptors (Lipinski definition) is 4. The average molecular weight is 319 g/mol. The number of nitrogens with one attached hydrogen (secondary N) is 2. The highest BCUT2D eigenvalue weighted by atomic mass is 16.6. The van der Waals surface area contributed by atoms with Gasteiger partial charge in [-0.1, -0.05) is 25.1 Å². The Morgan fingerprint density at radius 1 is 1.48 bits per heavy atom. The first-order valence-corrected chi connectivity index (χ1v) is 8.27. The first-order chi connectivity index (χ1) is 11.1. The van der Waals surface area contributed by atoms with Crippen LogP contribution in [0.4, 0.5) is 5.69 Å². The highest BCUT2D eigenvalue weighted by Gasteiger charge is 2.22. The molecule has 1 aliphatic rings. The molecule has 0 aromatic heterocycles. The zero-order valence-electron chi connectivity index (χ0n) is 13.6. The number of carbonyl (C=O) groups is 1. The minimum absolute atomic E-state index is 0.0293. The Balaban J connectivity index is 1.75. The maximum atomic E-state index is 12.0. The van der Waals surface area contributed by atoms with Gasteiger partial charge in [0.1, 0.15) is 0 Å². The zero-order chi connectivity index (χ0) is 16.7. The molecular formula is C17H25N3O3. The second-order valence-corrected chi connectivity index (χ2v) is 6.27. The van der Waals surface area contributed by atoms with E-state index in [0.717, 1.165) is 13.1 Å². The van der Waals surface area contributed by atoms with Gasteiger partial charge in [-0.15, -0.1) is 0 Å². The average Bonchev–Trinajstić information content (AvgIpc) is 2.56. The number of hydrogen-bond donors (Lipinski definition) is 2. The predicted octanol–water partition coefficient (Wildman–Crippen LogP) is 2.28. The van der Waals surface area contributed by atoms with Gasteiger partial charge in [0.15, 0.2) is 0 Å². The molecule has 1 fully saturated rings. The number of nitrogens with zero attached hydrogens (tertiary/aromatic N) is 1. The van der Waals surface area contributed by atoms with Crippen molar-refractivity contribution in [3.05, 3.63) is 39.9 Å². The summed E-state index contributed by atoms with van der Waals surface area (Å²) in [5.41, 5.74) is 0.769. The van der Waals surface area contributed by atoms with Gasteiger partial charge >= 0.3 is 0 Å². The lowest BCUT2D eigenvalue weighted by Crippen LogP contribution is -2.36. The number of amides is 1. The summed E-state index contributed by atoms with van der Waals surface area (Å²) in [6, 6.07) is 6.67. The molecule has 0 aliphatic carbocycles. The van der Waals surface area contributed by atoms with Gasteiger partial charge in [-0.3, -0.25) is 14.9 Å². The van der Waals surface area contributed by atoms with Crippen LogP contribution in [0, 0.1) is 22.0 Å². The quantitative estimate of drug-likeness (QED) is 0.596. The molecule has 2 unspecified atom stereocenters. The molecule has 0 radical (unpaired) electrons. The van der Waals surface area contributed by atoms with Gasteiger partial charge in [-0.2, -0.15) is 0 Å². The van der Waals surface area contributed by atoms with Crippen LogP contribution in [0.25, 0.3) is 0 Å². The van der Waals surface area contributed by atoms with Crippen molar-refractivity contribution in [1.82, 2.24) is 10.6 Å². The van der Waals surface area contributed by atoms with Crippen molar-refractivity contribution >= 4 is 11.6 Å². The van der Waals surface area contributed by atoms with Crippen molar-refractivity contribution in [1.29, 1.82) is 0 Å². The molecule has 0 bridgehead atoms. The fourth-order valence-electron chi connectivity index (χ4n) is 3.13. The Hall–Kier alpha value is -1.95. The third-order valence-electron chi connectivity index (χ3n) is 4.55. The molecule has 0 spiro atoms. The van der Waals surface area contributed by atoms with Gasteiger partial charge in [0, 0.05) is 24.6 Å². The van der Waals surface area contributed by atoms with Gasteiger partial charge in [-0.05, 0) is 44.2 Å². The number of benzene rings is 1. The molecule has 2 atom stereocenters. The molecule has 2 rings (SSSR count).